The van der Waals surface area contributed by atoms with E-state index in [9.17, 15) is 9.59 Å². The first kappa shape index (κ1) is 9.19. The van der Waals surface area contributed by atoms with Crippen LogP contribution >= 0.6 is 0 Å². The molecule has 4 nitrogen and oxygen atoms in total. The Hall–Kier alpha value is -0.900. The Kier molecular flexibility index (Phi) is 2.81. The van der Waals surface area contributed by atoms with Crippen molar-refractivity contribution in [3.05, 3.63) is 0 Å². The molecule has 1 amide bonds. The average Bonchev–Trinajstić information content (AvgIpc) is 2.08. The molecule has 4 heteroatoms. The fourth-order valence-corrected chi connectivity index (χ4v) is 1.33. The van der Waals surface area contributed by atoms with Gasteiger partial charge in [-0.3, -0.25) is 4.79 Å². The smallest absolute Gasteiger partial charge is 0.240 e. The minimum Gasteiger partial charge on any atom is -0.331 e. The molecular formula is C8H14N2O2. The van der Waals surface area contributed by atoms with E-state index in [-0.39, 0.29) is 18.0 Å². The van der Waals surface area contributed by atoms with Crippen LogP contribution in [-0.4, -0.2) is 42.3 Å². The van der Waals surface area contributed by atoms with Crippen LogP contribution < -0.4 is 5.32 Å². The minimum atomic E-state index is -0.290. The lowest BCUT2D eigenvalue weighted by Crippen LogP contribution is -2.56. The molecule has 0 saturated carbocycles. The molecule has 1 aliphatic rings. The van der Waals surface area contributed by atoms with Gasteiger partial charge in [-0.05, 0) is 13.8 Å². The van der Waals surface area contributed by atoms with Gasteiger partial charge in [0.15, 0.2) is 0 Å². The molecule has 0 aromatic rings. The lowest BCUT2D eigenvalue weighted by molar-refractivity contribution is -0.139. The Morgan fingerprint density at radius 3 is 3.00 bits per heavy atom. The fraction of sp³-hybridized carbons (Fsp3) is 0.750. The number of nitrogens with zero attached hydrogens (tertiary/aromatic N) is 1. The Bertz CT molecular complexity index is 193. The molecule has 0 aromatic heterocycles. The zero-order valence-corrected chi connectivity index (χ0v) is 7.41. The zero-order chi connectivity index (χ0) is 9.14. The zero-order valence-electron chi connectivity index (χ0n) is 7.41. The third kappa shape index (κ3) is 1.64. The van der Waals surface area contributed by atoms with Crippen LogP contribution in [0.3, 0.4) is 0 Å². The van der Waals surface area contributed by atoms with Gasteiger partial charge in [-0.15, -0.1) is 0 Å². The van der Waals surface area contributed by atoms with Crippen molar-refractivity contribution in [3.63, 3.8) is 0 Å². The number of rotatable bonds is 2. The first-order valence-electron chi connectivity index (χ1n) is 4.16. The maximum Gasteiger partial charge on any atom is 0.240 e. The highest BCUT2D eigenvalue weighted by Crippen LogP contribution is 2.04. The number of carbonyl (C=O) groups excluding carboxylic acids is 2. The highest BCUT2D eigenvalue weighted by Gasteiger charge is 2.27. The van der Waals surface area contributed by atoms with Crippen molar-refractivity contribution in [2.75, 3.05) is 13.1 Å². The van der Waals surface area contributed by atoms with Crippen LogP contribution in [0, 0.1) is 0 Å². The summed E-state index contributed by atoms with van der Waals surface area (Å²) in [7, 11) is 0. The molecule has 12 heavy (non-hydrogen) atoms. The fourth-order valence-electron chi connectivity index (χ4n) is 1.33. The maximum absolute atomic E-state index is 11.4. The van der Waals surface area contributed by atoms with Gasteiger partial charge in [0.25, 0.3) is 0 Å². The van der Waals surface area contributed by atoms with Crippen LogP contribution in [0.25, 0.3) is 0 Å². The summed E-state index contributed by atoms with van der Waals surface area (Å²) in [5.74, 6) is 0.0147. The van der Waals surface area contributed by atoms with Crippen molar-refractivity contribution in [3.8, 4) is 0 Å². The normalized spacial score (nSPS) is 27.0. The number of hydrogen-bond donors (Lipinski definition) is 1. The molecule has 0 spiro atoms. The molecule has 0 aliphatic carbocycles. The van der Waals surface area contributed by atoms with E-state index in [0.29, 0.717) is 6.54 Å². The molecule has 0 aromatic carbocycles. The molecule has 1 heterocycles. The number of piperazine rings is 1. The van der Waals surface area contributed by atoms with Gasteiger partial charge in [0.05, 0.1) is 12.1 Å². The van der Waals surface area contributed by atoms with Crippen molar-refractivity contribution in [1.29, 1.82) is 0 Å². The SMILES string of the molecule is CC1NCCN(C(C)C=O)C1=O. The highest BCUT2D eigenvalue weighted by atomic mass is 16.2. The number of hydrogen-bond acceptors (Lipinski definition) is 3. The van der Waals surface area contributed by atoms with Crippen molar-refractivity contribution in [1.82, 2.24) is 10.2 Å². The lowest BCUT2D eigenvalue weighted by Gasteiger charge is -2.33. The van der Waals surface area contributed by atoms with Gasteiger partial charge in [0.1, 0.15) is 6.29 Å². The standard InChI is InChI=1S/C8H14N2O2/c1-6(5-11)10-4-3-9-7(2)8(10)12/h5-7,9H,3-4H2,1-2H3. The molecule has 2 atom stereocenters. The molecule has 1 rings (SSSR count). The van der Waals surface area contributed by atoms with Gasteiger partial charge in [-0.1, -0.05) is 0 Å². The van der Waals surface area contributed by atoms with Crippen LogP contribution in [0.15, 0.2) is 0 Å². The van der Waals surface area contributed by atoms with Gasteiger partial charge in [-0.25, -0.2) is 0 Å². The van der Waals surface area contributed by atoms with Gasteiger partial charge >= 0.3 is 0 Å². The third-order valence-electron chi connectivity index (χ3n) is 2.15. The summed E-state index contributed by atoms with van der Waals surface area (Å²) in [4.78, 5) is 23.5. The Morgan fingerprint density at radius 2 is 2.42 bits per heavy atom. The summed E-state index contributed by atoms with van der Waals surface area (Å²) in [5.41, 5.74) is 0. The van der Waals surface area contributed by atoms with Crippen LogP contribution in [0.4, 0.5) is 0 Å². The van der Waals surface area contributed by atoms with E-state index in [2.05, 4.69) is 5.32 Å². The first-order valence-corrected chi connectivity index (χ1v) is 4.16. The van der Waals surface area contributed by atoms with Crippen molar-refractivity contribution < 1.29 is 9.59 Å². The first-order chi connectivity index (χ1) is 5.66. The predicted octanol–water partition coefficient (Wildman–Crippen LogP) is -0.606. The lowest BCUT2D eigenvalue weighted by atomic mass is 10.2. The van der Waals surface area contributed by atoms with E-state index >= 15 is 0 Å². The topological polar surface area (TPSA) is 49.4 Å². The van der Waals surface area contributed by atoms with Gasteiger partial charge in [-0.2, -0.15) is 0 Å². The predicted molar refractivity (Wildman–Crippen MR) is 44.7 cm³/mol. The largest absolute Gasteiger partial charge is 0.331 e. The van der Waals surface area contributed by atoms with Crippen molar-refractivity contribution in [2.45, 2.75) is 25.9 Å². The van der Waals surface area contributed by atoms with E-state index in [1.54, 1.807) is 11.8 Å². The molecule has 2 unspecified atom stereocenters. The molecule has 1 N–H and O–H groups in total. The number of carbonyl (C=O) groups is 2. The summed E-state index contributed by atoms with van der Waals surface area (Å²) in [6.45, 7) is 4.95. The molecule has 1 aliphatic heterocycles. The molecule has 1 fully saturated rings. The molecule has 0 bridgehead atoms. The monoisotopic (exact) mass is 170 g/mol. The molecule has 0 radical (unpaired) electrons. The van der Waals surface area contributed by atoms with Gasteiger partial charge in [0.2, 0.25) is 5.91 Å². The van der Waals surface area contributed by atoms with Crippen LogP contribution in [0.2, 0.25) is 0 Å². The van der Waals surface area contributed by atoms with Crippen molar-refractivity contribution in [2.24, 2.45) is 0 Å². The Balaban J connectivity index is 2.63. The summed E-state index contributed by atoms with van der Waals surface area (Å²) in [6.07, 6.45) is 0.802. The summed E-state index contributed by atoms with van der Waals surface area (Å²) < 4.78 is 0. The summed E-state index contributed by atoms with van der Waals surface area (Å²) >= 11 is 0. The van der Waals surface area contributed by atoms with E-state index in [0.717, 1.165) is 12.8 Å². The van der Waals surface area contributed by atoms with Gasteiger partial charge in [0, 0.05) is 13.1 Å². The molecule has 1 saturated heterocycles. The maximum atomic E-state index is 11.4. The Labute approximate surface area is 71.9 Å². The van der Waals surface area contributed by atoms with E-state index in [1.807, 2.05) is 6.92 Å². The van der Waals surface area contributed by atoms with Crippen LogP contribution in [-0.2, 0) is 9.59 Å². The van der Waals surface area contributed by atoms with Crippen LogP contribution in [0.1, 0.15) is 13.8 Å². The van der Waals surface area contributed by atoms with Crippen molar-refractivity contribution >= 4 is 12.2 Å². The number of nitrogens with one attached hydrogen (secondary N) is 1. The second-order valence-electron chi connectivity index (χ2n) is 3.08. The molecular weight excluding hydrogens is 156 g/mol. The summed E-state index contributed by atoms with van der Waals surface area (Å²) in [6, 6.07) is -0.441. The van der Waals surface area contributed by atoms with Crippen LogP contribution in [0.5, 0.6) is 0 Å². The second kappa shape index (κ2) is 3.67. The molecule has 68 valence electrons. The number of amides is 1. The summed E-state index contributed by atoms with van der Waals surface area (Å²) in [5, 5.41) is 3.03. The Morgan fingerprint density at radius 1 is 1.75 bits per heavy atom. The highest BCUT2D eigenvalue weighted by molar-refractivity contribution is 5.84. The third-order valence-corrected chi connectivity index (χ3v) is 2.15. The second-order valence-corrected chi connectivity index (χ2v) is 3.08. The van der Waals surface area contributed by atoms with E-state index in [1.165, 1.54) is 0 Å². The number of aldehydes is 1. The average molecular weight is 170 g/mol. The quantitative estimate of drug-likeness (QED) is 0.563. The van der Waals surface area contributed by atoms with E-state index in [4.69, 9.17) is 0 Å². The van der Waals surface area contributed by atoms with Gasteiger partial charge < -0.3 is 15.0 Å². The minimum absolute atomic E-state index is 0.0147. The van der Waals surface area contributed by atoms with E-state index < -0.39 is 0 Å².